The van der Waals surface area contributed by atoms with E-state index in [0.717, 1.165) is 25.9 Å². The van der Waals surface area contributed by atoms with Gasteiger partial charge in [0.2, 0.25) is 5.91 Å². The van der Waals surface area contributed by atoms with Crippen LogP contribution in [0.15, 0.2) is 0 Å². The Morgan fingerprint density at radius 2 is 2.50 bits per heavy atom. The third-order valence-electron chi connectivity index (χ3n) is 2.67. The van der Waals surface area contributed by atoms with E-state index in [1.54, 1.807) is 7.11 Å². The second-order valence-corrected chi connectivity index (χ2v) is 4.08. The number of carbonyl (C=O) groups excluding carboxylic acids is 1. The lowest BCUT2D eigenvalue weighted by Gasteiger charge is -2.16. The molecule has 2 N–H and O–H groups in total. The molecule has 0 spiro atoms. The van der Waals surface area contributed by atoms with E-state index < -0.39 is 0 Å². The van der Waals surface area contributed by atoms with E-state index in [4.69, 9.17) is 14.6 Å². The zero-order valence-corrected chi connectivity index (χ0v) is 9.78. The molecule has 1 heterocycles. The number of hydrogen-bond donors (Lipinski definition) is 2. The van der Waals surface area contributed by atoms with Gasteiger partial charge >= 0.3 is 0 Å². The summed E-state index contributed by atoms with van der Waals surface area (Å²) in [6.45, 7) is 1.05. The number of amides is 1. The third-order valence-corrected chi connectivity index (χ3v) is 2.67. The van der Waals surface area contributed by atoms with Crippen molar-refractivity contribution in [2.24, 2.45) is 0 Å². The first-order valence-corrected chi connectivity index (χ1v) is 5.77. The molecule has 2 atom stereocenters. The normalized spacial score (nSPS) is 22.0. The molecule has 0 radical (unpaired) electrons. The monoisotopic (exact) mass is 231 g/mol. The molecule has 0 aromatic carbocycles. The Kier molecular flexibility index (Phi) is 6.37. The second kappa shape index (κ2) is 7.60. The first-order chi connectivity index (χ1) is 7.76. The van der Waals surface area contributed by atoms with E-state index in [2.05, 4.69) is 5.32 Å². The molecule has 0 bridgehead atoms. The highest BCUT2D eigenvalue weighted by Gasteiger charge is 2.17. The van der Waals surface area contributed by atoms with Crippen LogP contribution in [-0.2, 0) is 14.3 Å². The van der Waals surface area contributed by atoms with Gasteiger partial charge in [-0.2, -0.15) is 0 Å². The summed E-state index contributed by atoms with van der Waals surface area (Å²) >= 11 is 0. The lowest BCUT2D eigenvalue weighted by atomic mass is 10.1. The largest absolute Gasteiger partial charge is 0.394 e. The quantitative estimate of drug-likeness (QED) is 0.650. The van der Waals surface area contributed by atoms with Crippen LogP contribution in [0.25, 0.3) is 0 Å². The molecule has 1 aliphatic heterocycles. The van der Waals surface area contributed by atoms with Gasteiger partial charge in [0.05, 0.1) is 25.4 Å². The highest BCUT2D eigenvalue weighted by Crippen LogP contribution is 2.16. The first-order valence-electron chi connectivity index (χ1n) is 5.77. The Morgan fingerprint density at radius 1 is 1.69 bits per heavy atom. The minimum atomic E-state index is -0.304. The van der Waals surface area contributed by atoms with Gasteiger partial charge in [-0.1, -0.05) is 0 Å². The van der Waals surface area contributed by atoms with Crippen LogP contribution >= 0.6 is 0 Å². The maximum atomic E-state index is 11.5. The molecular weight excluding hydrogens is 210 g/mol. The number of aliphatic hydroxyl groups is 1. The average Bonchev–Trinajstić information content (AvgIpc) is 2.78. The van der Waals surface area contributed by atoms with Crippen molar-refractivity contribution in [3.63, 3.8) is 0 Å². The van der Waals surface area contributed by atoms with Gasteiger partial charge in [-0.05, 0) is 19.3 Å². The van der Waals surface area contributed by atoms with Gasteiger partial charge in [0.15, 0.2) is 0 Å². The fraction of sp³-hybridized carbons (Fsp3) is 0.909. The van der Waals surface area contributed by atoms with Crippen LogP contribution in [-0.4, -0.2) is 50.1 Å². The topological polar surface area (TPSA) is 67.8 Å². The summed E-state index contributed by atoms with van der Waals surface area (Å²) in [5, 5.41) is 11.7. The number of aliphatic hydroxyl groups excluding tert-OH is 1. The smallest absolute Gasteiger partial charge is 0.220 e. The summed E-state index contributed by atoms with van der Waals surface area (Å²) in [5.74, 6) is -0.0494. The van der Waals surface area contributed by atoms with Crippen LogP contribution in [0.4, 0.5) is 0 Å². The van der Waals surface area contributed by atoms with Crippen molar-refractivity contribution in [3.05, 3.63) is 0 Å². The first kappa shape index (κ1) is 13.4. The van der Waals surface area contributed by atoms with Gasteiger partial charge in [0.1, 0.15) is 0 Å². The van der Waals surface area contributed by atoms with E-state index in [1.165, 1.54) is 0 Å². The predicted octanol–water partition coefficient (Wildman–Crippen LogP) is 0.0691. The number of rotatable bonds is 7. The number of carbonyl (C=O) groups is 1. The molecule has 5 nitrogen and oxygen atoms in total. The van der Waals surface area contributed by atoms with Gasteiger partial charge in [-0.15, -0.1) is 0 Å². The molecule has 5 heteroatoms. The fourth-order valence-corrected chi connectivity index (χ4v) is 1.81. The Bertz CT molecular complexity index is 204. The minimum absolute atomic E-state index is 0.0494. The molecule has 1 rings (SSSR count). The van der Waals surface area contributed by atoms with Gasteiger partial charge in [-0.3, -0.25) is 4.79 Å². The Balaban J connectivity index is 2.13. The van der Waals surface area contributed by atoms with Crippen molar-refractivity contribution in [3.8, 4) is 0 Å². The predicted molar refractivity (Wildman–Crippen MR) is 59.1 cm³/mol. The van der Waals surface area contributed by atoms with E-state index in [0.29, 0.717) is 13.0 Å². The number of nitrogens with one attached hydrogen (secondary N) is 1. The van der Waals surface area contributed by atoms with E-state index in [1.807, 2.05) is 0 Å². The molecule has 1 fully saturated rings. The van der Waals surface area contributed by atoms with Crippen LogP contribution in [0.2, 0.25) is 0 Å². The van der Waals surface area contributed by atoms with Crippen LogP contribution in [0, 0.1) is 0 Å². The summed E-state index contributed by atoms with van der Waals surface area (Å²) < 4.78 is 10.3. The number of hydrogen-bond acceptors (Lipinski definition) is 4. The Morgan fingerprint density at radius 3 is 3.06 bits per heavy atom. The van der Waals surface area contributed by atoms with Crippen molar-refractivity contribution in [1.82, 2.24) is 5.32 Å². The molecule has 0 saturated carbocycles. The molecular formula is C11H21NO4. The van der Waals surface area contributed by atoms with Crippen molar-refractivity contribution in [1.29, 1.82) is 0 Å². The second-order valence-electron chi connectivity index (χ2n) is 4.08. The summed E-state index contributed by atoms with van der Waals surface area (Å²) in [6.07, 6.45) is 3.59. The van der Waals surface area contributed by atoms with Crippen molar-refractivity contribution in [2.75, 3.05) is 26.9 Å². The van der Waals surface area contributed by atoms with Crippen LogP contribution in [0.3, 0.4) is 0 Å². The number of ether oxygens (including phenoxy) is 2. The molecule has 1 saturated heterocycles. The highest BCUT2D eigenvalue weighted by atomic mass is 16.5. The van der Waals surface area contributed by atoms with Crippen molar-refractivity contribution in [2.45, 2.75) is 37.8 Å². The van der Waals surface area contributed by atoms with Gasteiger partial charge < -0.3 is 19.9 Å². The van der Waals surface area contributed by atoms with Crippen LogP contribution < -0.4 is 5.32 Å². The standard InChI is InChI=1S/C11H21NO4/c1-15-8-9(7-13)12-11(14)5-4-10-3-2-6-16-10/h9-10,13H,2-8H2,1H3,(H,12,14). The van der Waals surface area contributed by atoms with Gasteiger partial charge in [0.25, 0.3) is 0 Å². The molecule has 0 aliphatic carbocycles. The summed E-state index contributed by atoms with van der Waals surface area (Å²) in [7, 11) is 1.54. The fourth-order valence-electron chi connectivity index (χ4n) is 1.81. The van der Waals surface area contributed by atoms with E-state index in [9.17, 15) is 4.79 Å². The maximum Gasteiger partial charge on any atom is 0.220 e. The Labute approximate surface area is 96.1 Å². The molecule has 2 unspecified atom stereocenters. The van der Waals surface area contributed by atoms with Crippen molar-refractivity contribution < 1.29 is 19.4 Å². The zero-order chi connectivity index (χ0) is 11.8. The molecule has 1 aliphatic rings. The average molecular weight is 231 g/mol. The van der Waals surface area contributed by atoms with Crippen LogP contribution in [0.1, 0.15) is 25.7 Å². The molecule has 0 aromatic heterocycles. The molecule has 94 valence electrons. The SMILES string of the molecule is COCC(CO)NC(=O)CCC1CCCO1. The Hall–Kier alpha value is -0.650. The van der Waals surface area contributed by atoms with E-state index >= 15 is 0 Å². The van der Waals surface area contributed by atoms with Crippen LogP contribution in [0.5, 0.6) is 0 Å². The van der Waals surface area contributed by atoms with Gasteiger partial charge in [-0.25, -0.2) is 0 Å². The number of methoxy groups -OCH3 is 1. The summed E-state index contributed by atoms with van der Waals surface area (Å²) in [6, 6.07) is -0.304. The third kappa shape index (κ3) is 4.92. The molecule has 16 heavy (non-hydrogen) atoms. The van der Waals surface area contributed by atoms with E-state index in [-0.39, 0.29) is 24.7 Å². The molecule has 1 amide bonds. The minimum Gasteiger partial charge on any atom is -0.394 e. The summed E-state index contributed by atoms with van der Waals surface area (Å²) in [5.41, 5.74) is 0. The summed E-state index contributed by atoms with van der Waals surface area (Å²) in [4.78, 5) is 11.5. The van der Waals surface area contributed by atoms with Gasteiger partial charge in [0, 0.05) is 20.1 Å². The lowest BCUT2D eigenvalue weighted by molar-refractivity contribution is -0.123. The maximum absolute atomic E-state index is 11.5. The zero-order valence-electron chi connectivity index (χ0n) is 9.78. The van der Waals surface area contributed by atoms with Crippen molar-refractivity contribution >= 4 is 5.91 Å². The lowest BCUT2D eigenvalue weighted by Crippen LogP contribution is -2.40. The molecule has 0 aromatic rings. The highest BCUT2D eigenvalue weighted by molar-refractivity contribution is 5.76.